The van der Waals surface area contributed by atoms with Crippen molar-refractivity contribution in [1.82, 2.24) is 4.90 Å². The second-order valence-corrected chi connectivity index (χ2v) is 9.15. The van der Waals surface area contributed by atoms with Crippen LogP contribution in [0, 0.1) is 6.92 Å². The second-order valence-electron chi connectivity index (χ2n) is 6.49. The van der Waals surface area contributed by atoms with Crippen molar-refractivity contribution in [2.75, 3.05) is 11.5 Å². The number of amides is 1. The van der Waals surface area contributed by atoms with Gasteiger partial charge in [0, 0.05) is 23.2 Å². The Hall–Kier alpha value is -1.85. The summed E-state index contributed by atoms with van der Waals surface area (Å²) in [6.07, 6.45) is 0.473. The van der Waals surface area contributed by atoms with Crippen LogP contribution in [0.4, 0.5) is 0 Å². The molecule has 132 valence electrons. The number of hydrogen-bond donors (Lipinski definition) is 0. The van der Waals surface area contributed by atoms with Gasteiger partial charge in [0.25, 0.3) is 5.91 Å². The van der Waals surface area contributed by atoms with Gasteiger partial charge in [0.2, 0.25) is 0 Å². The first-order valence-electron chi connectivity index (χ1n) is 8.16. The molecule has 1 heterocycles. The van der Waals surface area contributed by atoms with E-state index in [1.165, 1.54) is 0 Å². The number of benzene rings is 2. The number of hydrogen-bond acceptors (Lipinski definition) is 3. The molecule has 2 aromatic rings. The van der Waals surface area contributed by atoms with Crippen LogP contribution in [-0.4, -0.2) is 36.8 Å². The molecule has 0 saturated carbocycles. The summed E-state index contributed by atoms with van der Waals surface area (Å²) in [4.78, 5) is 14.8. The zero-order valence-electron chi connectivity index (χ0n) is 14.0. The van der Waals surface area contributed by atoms with Crippen molar-refractivity contribution in [2.24, 2.45) is 0 Å². The van der Waals surface area contributed by atoms with Crippen LogP contribution in [0.15, 0.2) is 48.5 Å². The maximum atomic E-state index is 13.1. The van der Waals surface area contributed by atoms with E-state index < -0.39 is 9.84 Å². The topological polar surface area (TPSA) is 54.5 Å². The third kappa shape index (κ3) is 4.41. The maximum absolute atomic E-state index is 13.1. The van der Waals surface area contributed by atoms with Crippen LogP contribution >= 0.6 is 11.6 Å². The molecule has 1 saturated heterocycles. The lowest BCUT2D eigenvalue weighted by Gasteiger charge is -2.28. The van der Waals surface area contributed by atoms with Crippen LogP contribution in [-0.2, 0) is 16.4 Å². The summed E-state index contributed by atoms with van der Waals surface area (Å²) in [6.45, 7) is 2.27. The van der Waals surface area contributed by atoms with Crippen molar-refractivity contribution in [3.05, 3.63) is 70.2 Å². The summed E-state index contributed by atoms with van der Waals surface area (Å²) in [5, 5.41) is 0.597. The number of rotatable bonds is 4. The lowest BCUT2D eigenvalue weighted by atomic mass is 10.1. The quantitative estimate of drug-likeness (QED) is 0.819. The van der Waals surface area contributed by atoms with Crippen LogP contribution in [0.25, 0.3) is 0 Å². The smallest absolute Gasteiger partial charge is 0.254 e. The van der Waals surface area contributed by atoms with Gasteiger partial charge in [0.05, 0.1) is 11.5 Å². The van der Waals surface area contributed by atoms with Crippen LogP contribution in [0.1, 0.15) is 27.9 Å². The number of carbonyl (C=O) groups excluding carboxylic acids is 1. The van der Waals surface area contributed by atoms with E-state index in [0.717, 1.165) is 11.1 Å². The highest BCUT2D eigenvalue weighted by molar-refractivity contribution is 7.91. The molecule has 0 unspecified atom stereocenters. The van der Waals surface area contributed by atoms with Gasteiger partial charge in [0.15, 0.2) is 9.84 Å². The molecule has 1 amide bonds. The normalized spacial score (nSPS) is 18.9. The Morgan fingerprint density at radius 2 is 1.96 bits per heavy atom. The lowest BCUT2D eigenvalue weighted by molar-refractivity contribution is 0.0681. The number of sulfone groups is 1. The minimum Gasteiger partial charge on any atom is -0.330 e. The van der Waals surface area contributed by atoms with Crippen molar-refractivity contribution < 1.29 is 13.2 Å². The highest BCUT2D eigenvalue weighted by Crippen LogP contribution is 2.23. The van der Waals surface area contributed by atoms with Gasteiger partial charge in [-0.15, -0.1) is 0 Å². The first kappa shape index (κ1) is 18.0. The van der Waals surface area contributed by atoms with Crippen LogP contribution in [0.3, 0.4) is 0 Å². The summed E-state index contributed by atoms with van der Waals surface area (Å²) in [5.41, 5.74) is 2.46. The highest BCUT2D eigenvalue weighted by atomic mass is 35.5. The zero-order chi connectivity index (χ0) is 18.0. The highest BCUT2D eigenvalue weighted by Gasteiger charge is 2.35. The third-order valence-corrected chi connectivity index (χ3v) is 6.40. The molecule has 0 aliphatic carbocycles. The van der Waals surface area contributed by atoms with Crippen molar-refractivity contribution >= 4 is 27.3 Å². The maximum Gasteiger partial charge on any atom is 0.254 e. The minimum atomic E-state index is -3.08. The third-order valence-electron chi connectivity index (χ3n) is 4.42. The van der Waals surface area contributed by atoms with Gasteiger partial charge in [-0.3, -0.25) is 4.79 Å². The molecule has 0 spiro atoms. The van der Waals surface area contributed by atoms with Crippen molar-refractivity contribution in [3.63, 3.8) is 0 Å². The number of halogens is 1. The molecular weight excluding hydrogens is 358 g/mol. The molecule has 0 bridgehead atoms. The molecule has 1 fully saturated rings. The van der Waals surface area contributed by atoms with Crippen LogP contribution in [0.2, 0.25) is 5.02 Å². The Kier molecular flexibility index (Phi) is 5.16. The van der Waals surface area contributed by atoms with Crippen molar-refractivity contribution in [1.29, 1.82) is 0 Å². The molecule has 6 heteroatoms. The van der Waals surface area contributed by atoms with Gasteiger partial charge in [-0.25, -0.2) is 8.42 Å². The minimum absolute atomic E-state index is 0.0190. The van der Waals surface area contributed by atoms with Crippen molar-refractivity contribution in [2.45, 2.75) is 25.9 Å². The van der Waals surface area contributed by atoms with Gasteiger partial charge in [-0.2, -0.15) is 0 Å². The van der Waals surface area contributed by atoms with E-state index >= 15 is 0 Å². The SMILES string of the molecule is Cc1cccc(C(=O)N(Cc2cccc(Cl)c2)[C@H]2CCS(=O)(=O)C2)c1. The van der Waals surface area contributed by atoms with Gasteiger partial charge in [-0.05, 0) is 43.2 Å². The van der Waals surface area contributed by atoms with E-state index in [2.05, 4.69) is 0 Å². The fraction of sp³-hybridized carbons (Fsp3) is 0.316. The number of nitrogens with zero attached hydrogens (tertiary/aromatic N) is 1. The molecule has 1 aliphatic heterocycles. The summed E-state index contributed by atoms with van der Waals surface area (Å²) < 4.78 is 23.8. The van der Waals surface area contributed by atoms with Gasteiger partial charge in [-0.1, -0.05) is 41.4 Å². The molecular formula is C19H20ClNO3S. The Morgan fingerprint density at radius 1 is 1.20 bits per heavy atom. The predicted octanol–water partition coefficient (Wildman–Crippen LogP) is 3.48. The Labute approximate surface area is 153 Å². The molecule has 0 radical (unpaired) electrons. The monoisotopic (exact) mass is 377 g/mol. The number of aryl methyl sites for hydroxylation is 1. The Balaban J connectivity index is 1.92. The van der Waals surface area contributed by atoms with Gasteiger partial charge < -0.3 is 4.90 Å². The molecule has 2 aromatic carbocycles. The fourth-order valence-electron chi connectivity index (χ4n) is 3.16. The lowest BCUT2D eigenvalue weighted by Crippen LogP contribution is -2.40. The average Bonchev–Trinajstić information content (AvgIpc) is 2.92. The molecule has 0 N–H and O–H groups in total. The van der Waals surface area contributed by atoms with Gasteiger partial charge >= 0.3 is 0 Å². The molecule has 1 aliphatic rings. The first-order valence-corrected chi connectivity index (χ1v) is 10.4. The van der Waals surface area contributed by atoms with Crippen molar-refractivity contribution in [3.8, 4) is 0 Å². The Morgan fingerprint density at radius 3 is 2.60 bits per heavy atom. The van der Waals surface area contributed by atoms with Crippen LogP contribution < -0.4 is 0 Å². The van der Waals surface area contributed by atoms with Crippen LogP contribution in [0.5, 0.6) is 0 Å². The molecule has 0 aromatic heterocycles. The Bertz CT molecular complexity index is 895. The molecule has 4 nitrogen and oxygen atoms in total. The fourth-order valence-corrected chi connectivity index (χ4v) is 5.11. The van der Waals surface area contributed by atoms with E-state index in [0.29, 0.717) is 23.6 Å². The molecule has 25 heavy (non-hydrogen) atoms. The summed E-state index contributed by atoms with van der Waals surface area (Å²) in [5.74, 6) is 0.00131. The summed E-state index contributed by atoms with van der Waals surface area (Å²) >= 11 is 6.05. The molecule has 3 rings (SSSR count). The summed E-state index contributed by atoms with van der Waals surface area (Å²) in [6, 6.07) is 14.4. The average molecular weight is 378 g/mol. The van der Waals surface area contributed by atoms with E-state index in [1.807, 2.05) is 43.3 Å². The van der Waals surface area contributed by atoms with E-state index in [9.17, 15) is 13.2 Å². The van der Waals surface area contributed by atoms with E-state index in [4.69, 9.17) is 11.6 Å². The predicted molar refractivity (Wildman–Crippen MR) is 99.6 cm³/mol. The van der Waals surface area contributed by atoms with Gasteiger partial charge in [0.1, 0.15) is 0 Å². The molecule has 1 atom stereocenters. The standard InChI is InChI=1S/C19H20ClNO3S/c1-14-4-2-6-16(10-14)19(22)21(18-8-9-25(23,24)13-18)12-15-5-3-7-17(20)11-15/h2-7,10-11,18H,8-9,12-13H2,1H3/t18-/m0/s1. The van der Waals surface area contributed by atoms with E-state index in [1.54, 1.807) is 17.0 Å². The second kappa shape index (κ2) is 7.18. The largest absolute Gasteiger partial charge is 0.330 e. The first-order chi connectivity index (χ1) is 11.8. The zero-order valence-corrected chi connectivity index (χ0v) is 15.6. The number of carbonyl (C=O) groups is 1. The summed E-state index contributed by atoms with van der Waals surface area (Å²) in [7, 11) is -3.08. The van der Waals surface area contributed by atoms with E-state index in [-0.39, 0.29) is 23.5 Å².